The predicted octanol–water partition coefficient (Wildman–Crippen LogP) is 4.64. The van der Waals surface area contributed by atoms with Gasteiger partial charge in [0.1, 0.15) is 0 Å². The molecule has 0 radical (unpaired) electrons. The van der Waals surface area contributed by atoms with Crippen LogP contribution in [0.15, 0.2) is 0 Å². The molecular weight excluding hydrogens is 180 g/mol. The van der Waals surface area contributed by atoms with E-state index in [1.807, 2.05) is 0 Å². The Morgan fingerprint density at radius 1 is 0.933 bits per heavy atom. The van der Waals surface area contributed by atoms with Crippen molar-refractivity contribution in [3.05, 3.63) is 0 Å². The lowest BCUT2D eigenvalue weighted by Crippen LogP contribution is -2.46. The summed E-state index contributed by atoms with van der Waals surface area (Å²) >= 11 is 0. The Morgan fingerprint density at radius 3 is 1.80 bits per heavy atom. The van der Waals surface area contributed by atoms with Gasteiger partial charge in [-0.15, -0.1) is 0 Å². The van der Waals surface area contributed by atoms with Crippen LogP contribution in [0.4, 0.5) is 0 Å². The minimum atomic E-state index is 0.832. The molecule has 0 aromatic rings. The SMILES string of the molecule is CC(C)CCC12CC3CC(CC(C3)C1)C2. The van der Waals surface area contributed by atoms with Crippen molar-refractivity contribution in [2.24, 2.45) is 29.1 Å². The molecule has 4 rings (SSSR count). The molecule has 4 fully saturated rings. The van der Waals surface area contributed by atoms with Gasteiger partial charge in [-0.1, -0.05) is 20.3 Å². The Hall–Kier alpha value is 0. The molecule has 15 heavy (non-hydrogen) atoms. The summed E-state index contributed by atoms with van der Waals surface area (Å²) in [6.45, 7) is 4.78. The zero-order valence-corrected chi connectivity index (χ0v) is 10.5. The largest absolute Gasteiger partial charge is 0.0628 e. The van der Waals surface area contributed by atoms with Gasteiger partial charge in [0.2, 0.25) is 0 Å². The maximum atomic E-state index is 2.39. The highest BCUT2D eigenvalue weighted by Crippen LogP contribution is 2.61. The van der Waals surface area contributed by atoms with Gasteiger partial charge < -0.3 is 0 Å². The maximum Gasteiger partial charge on any atom is -0.0289 e. The molecule has 4 aliphatic carbocycles. The summed E-state index contributed by atoms with van der Waals surface area (Å²) in [5.41, 5.74) is 0.832. The monoisotopic (exact) mass is 206 g/mol. The molecule has 0 atom stereocenters. The van der Waals surface area contributed by atoms with Crippen molar-refractivity contribution in [1.82, 2.24) is 0 Å². The molecule has 0 nitrogen and oxygen atoms in total. The van der Waals surface area contributed by atoms with E-state index in [-0.39, 0.29) is 0 Å². The molecular formula is C15H26. The van der Waals surface area contributed by atoms with Crippen molar-refractivity contribution in [2.45, 2.75) is 65.2 Å². The molecule has 4 aliphatic rings. The molecule has 4 saturated carbocycles. The van der Waals surface area contributed by atoms with Crippen LogP contribution in [-0.2, 0) is 0 Å². The summed E-state index contributed by atoms with van der Waals surface area (Å²) < 4.78 is 0. The molecule has 86 valence electrons. The standard InChI is InChI=1S/C15H26/c1-11(2)3-4-15-8-12-5-13(9-15)7-14(6-12)10-15/h11-14H,3-10H2,1-2H3. The third kappa shape index (κ3) is 1.85. The highest BCUT2D eigenvalue weighted by molar-refractivity contribution is 5.01. The second kappa shape index (κ2) is 3.50. The topological polar surface area (TPSA) is 0 Å². The normalized spacial score (nSPS) is 47.8. The van der Waals surface area contributed by atoms with E-state index in [9.17, 15) is 0 Å². The fourth-order valence-electron chi connectivity index (χ4n) is 5.19. The smallest absolute Gasteiger partial charge is 0.0289 e. The van der Waals surface area contributed by atoms with Crippen molar-refractivity contribution < 1.29 is 0 Å². The summed E-state index contributed by atoms with van der Waals surface area (Å²) in [5, 5.41) is 0. The molecule has 0 unspecified atom stereocenters. The van der Waals surface area contributed by atoms with E-state index in [0.29, 0.717) is 0 Å². The van der Waals surface area contributed by atoms with E-state index < -0.39 is 0 Å². The predicted molar refractivity (Wildman–Crippen MR) is 64.7 cm³/mol. The van der Waals surface area contributed by atoms with E-state index in [1.54, 1.807) is 44.9 Å². The second-order valence-electron chi connectivity index (χ2n) is 7.35. The lowest BCUT2D eigenvalue weighted by atomic mass is 9.48. The van der Waals surface area contributed by atoms with E-state index in [1.165, 1.54) is 6.42 Å². The fraction of sp³-hybridized carbons (Fsp3) is 1.00. The van der Waals surface area contributed by atoms with E-state index >= 15 is 0 Å². The zero-order chi connectivity index (χ0) is 10.5. The minimum absolute atomic E-state index is 0.832. The number of hydrogen-bond acceptors (Lipinski definition) is 0. The minimum Gasteiger partial charge on any atom is -0.0628 e. The van der Waals surface area contributed by atoms with Crippen LogP contribution >= 0.6 is 0 Å². The third-order valence-corrected chi connectivity index (χ3v) is 5.42. The van der Waals surface area contributed by atoms with Crippen LogP contribution in [0.5, 0.6) is 0 Å². The Balaban J connectivity index is 1.70. The molecule has 4 bridgehead atoms. The van der Waals surface area contributed by atoms with Crippen molar-refractivity contribution in [3.63, 3.8) is 0 Å². The summed E-state index contributed by atoms with van der Waals surface area (Å²) in [6.07, 6.45) is 12.6. The lowest BCUT2D eigenvalue weighted by Gasteiger charge is -2.57. The van der Waals surface area contributed by atoms with Crippen molar-refractivity contribution in [3.8, 4) is 0 Å². The van der Waals surface area contributed by atoms with E-state index in [4.69, 9.17) is 0 Å². The van der Waals surface area contributed by atoms with Crippen molar-refractivity contribution in [2.75, 3.05) is 0 Å². The van der Waals surface area contributed by atoms with E-state index in [0.717, 1.165) is 29.1 Å². The molecule has 0 amide bonds. The Labute approximate surface area is 94.8 Å². The van der Waals surface area contributed by atoms with Gasteiger partial charge in [0.15, 0.2) is 0 Å². The van der Waals surface area contributed by atoms with E-state index in [2.05, 4.69) is 13.8 Å². The highest BCUT2D eigenvalue weighted by atomic mass is 14.5. The number of rotatable bonds is 3. The van der Waals surface area contributed by atoms with Crippen LogP contribution in [0, 0.1) is 29.1 Å². The number of hydrogen-bond donors (Lipinski definition) is 0. The van der Waals surface area contributed by atoms with Crippen LogP contribution in [0.2, 0.25) is 0 Å². The first-order valence-corrected chi connectivity index (χ1v) is 7.15. The maximum absolute atomic E-state index is 2.39. The fourth-order valence-corrected chi connectivity index (χ4v) is 5.19. The van der Waals surface area contributed by atoms with Gasteiger partial charge in [0, 0.05) is 0 Å². The van der Waals surface area contributed by atoms with Crippen LogP contribution < -0.4 is 0 Å². The lowest BCUT2D eigenvalue weighted by molar-refractivity contribution is -0.0595. The molecule has 0 saturated heterocycles. The van der Waals surface area contributed by atoms with Gasteiger partial charge in [0.25, 0.3) is 0 Å². The first kappa shape index (κ1) is 10.2. The summed E-state index contributed by atoms with van der Waals surface area (Å²) in [7, 11) is 0. The molecule has 0 heterocycles. The van der Waals surface area contributed by atoms with Gasteiger partial charge in [-0.25, -0.2) is 0 Å². The van der Waals surface area contributed by atoms with Crippen LogP contribution in [0.25, 0.3) is 0 Å². The molecule has 0 N–H and O–H groups in total. The third-order valence-electron chi connectivity index (χ3n) is 5.42. The first-order chi connectivity index (χ1) is 7.15. The average molecular weight is 206 g/mol. The Kier molecular flexibility index (Phi) is 2.37. The second-order valence-corrected chi connectivity index (χ2v) is 7.35. The van der Waals surface area contributed by atoms with Gasteiger partial charge in [-0.05, 0) is 74.0 Å². The van der Waals surface area contributed by atoms with Crippen LogP contribution in [0.3, 0.4) is 0 Å². The van der Waals surface area contributed by atoms with Gasteiger partial charge in [-0.2, -0.15) is 0 Å². The summed E-state index contributed by atoms with van der Waals surface area (Å²) in [5.74, 6) is 4.34. The molecule has 0 spiro atoms. The molecule has 0 aromatic heterocycles. The Bertz CT molecular complexity index is 203. The summed E-state index contributed by atoms with van der Waals surface area (Å²) in [6, 6.07) is 0. The van der Waals surface area contributed by atoms with Crippen molar-refractivity contribution in [1.29, 1.82) is 0 Å². The summed E-state index contributed by atoms with van der Waals surface area (Å²) in [4.78, 5) is 0. The first-order valence-electron chi connectivity index (χ1n) is 7.15. The highest BCUT2D eigenvalue weighted by Gasteiger charge is 2.50. The van der Waals surface area contributed by atoms with Crippen LogP contribution in [0.1, 0.15) is 65.2 Å². The zero-order valence-electron chi connectivity index (χ0n) is 10.5. The molecule has 0 heteroatoms. The van der Waals surface area contributed by atoms with Crippen LogP contribution in [-0.4, -0.2) is 0 Å². The molecule has 0 aliphatic heterocycles. The van der Waals surface area contributed by atoms with Gasteiger partial charge >= 0.3 is 0 Å². The van der Waals surface area contributed by atoms with Gasteiger partial charge in [-0.3, -0.25) is 0 Å². The van der Waals surface area contributed by atoms with Gasteiger partial charge in [0.05, 0.1) is 0 Å². The quantitative estimate of drug-likeness (QED) is 0.631. The molecule has 0 aromatic carbocycles. The Morgan fingerprint density at radius 2 is 1.40 bits per heavy atom. The van der Waals surface area contributed by atoms with Crippen molar-refractivity contribution >= 4 is 0 Å². The average Bonchev–Trinajstić information content (AvgIpc) is 2.12.